The first-order valence-corrected chi connectivity index (χ1v) is 15.6. The predicted octanol–water partition coefficient (Wildman–Crippen LogP) is 7.45. The molecule has 0 radical (unpaired) electrons. The monoisotopic (exact) mass is 549 g/mol. The molecule has 6 nitrogen and oxygen atoms in total. The maximum Gasteiger partial charge on any atom is 0.412 e. The molecule has 2 aromatic rings. The molecule has 0 spiro atoms. The highest BCUT2D eigenvalue weighted by atomic mass is 16.6. The summed E-state index contributed by atoms with van der Waals surface area (Å²) in [7, 11) is 0. The summed E-state index contributed by atoms with van der Waals surface area (Å²) in [5.74, 6) is 0.771. The maximum absolute atomic E-state index is 12.8. The zero-order chi connectivity index (χ0) is 28.2. The molecule has 2 heterocycles. The highest BCUT2D eigenvalue weighted by molar-refractivity contribution is 5.91. The molecule has 1 atom stereocenters. The quantitative estimate of drug-likeness (QED) is 0.248. The van der Waals surface area contributed by atoms with Gasteiger partial charge in [0.15, 0.2) is 0 Å². The minimum atomic E-state index is -0.435. The van der Waals surface area contributed by atoms with Crippen LogP contribution in [0.1, 0.15) is 72.1 Å². The lowest BCUT2D eigenvalue weighted by Gasteiger charge is -2.38. The van der Waals surface area contributed by atoms with Crippen LogP contribution >= 0.6 is 0 Å². The van der Waals surface area contributed by atoms with Crippen molar-refractivity contribution in [3.05, 3.63) is 54.6 Å². The second kappa shape index (κ2) is 15.6. The van der Waals surface area contributed by atoms with Crippen LogP contribution in [0.2, 0.25) is 0 Å². The van der Waals surface area contributed by atoms with E-state index in [9.17, 15) is 4.79 Å². The Hall–Kier alpha value is -2.41. The van der Waals surface area contributed by atoms with Crippen molar-refractivity contribution in [2.45, 2.75) is 83.8 Å². The van der Waals surface area contributed by atoms with Gasteiger partial charge in [0.05, 0.1) is 5.69 Å². The predicted molar refractivity (Wildman–Crippen MR) is 165 cm³/mol. The number of hydrogen-bond acceptors (Lipinski definition) is 5. The average molecular weight is 550 g/mol. The number of nitrogens with one attached hydrogen (secondary N) is 1. The summed E-state index contributed by atoms with van der Waals surface area (Å²) in [6, 6.07) is 18.8. The van der Waals surface area contributed by atoms with Crippen molar-refractivity contribution in [3.8, 4) is 11.1 Å². The number of amides is 1. The number of carbonyl (C=O) groups excluding carboxylic acids is 1. The Kier molecular flexibility index (Phi) is 11.9. The molecular formula is C34H51N3O3. The van der Waals surface area contributed by atoms with Gasteiger partial charge < -0.3 is 19.3 Å². The number of likely N-dealkylation sites (tertiary alicyclic amines) is 2. The Balaban J connectivity index is 1.06. The molecule has 6 heteroatoms. The Labute approximate surface area is 242 Å². The fraction of sp³-hybridized carbons (Fsp3) is 0.618. The minimum Gasteiger partial charge on any atom is -0.443 e. The normalized spacial score (nSPS) is 19.6. The van der Waals surface area contributed by atoms with E-state index in [0.717, 1.165) is 93.7 Å². The van der Waals surface area contributed by atoms with Crippen molar-refractivity contribution in [1.29, 1.82) is 0 Å². The smallest absolute Gasteiger partial charge is 0.412 e. The molecule has 0 bridgehead atoms. The number of unbranched alkanes of at least 4 members (excludes halogenated alkanes) is 2. The van der Waals surface area contributed by atoms with E-state index in [4.69, 9.17) is 9.47 Å². The van der Waals surface area contributed by atoms with Gasteiger partial charge in [0, 0.05) is 37.9 Å². The first-order valence-electron chi connectivity index (χ1n) is 15.6. The van der Waals surface area contributed by atoms with Crippen molar-refractivity contribution >= 4 is 11.8 Å². The summed E-state index contributed by atoms with van der Waals surface area (Å²) in [5.41, 5.74) is 2.40. The Morgan fingerprint density at radius 2 is 1.60 bits per heavy atom. The number of hydrogen-bond donors (Lipinski definition) is 1. The van der Waals surface area contributed by atoms with Gasteiger partial charge in [-0.1, -0.05) is 62.4 Å². The van der Waals surface area contributed by atoms with Gasteiger partial charge in [-0.05, 0) is 95.5 Å². The van der Waals surface area contributed by atoms with E-state index < -0.39 is 5.60 Å². The van der Waals surface area contributed by atoms with Crippen LogP contribution in [0.5, 0.6) is 0 Å². The fourth-order valence-electron chi connectivity index (χ4n) is 6.22. The number of piperidine rings is 1. The van der Waals surface area contributed by atoms with Gasteiger partial charge in [-0.25, -0.2) is 4.79 Å². The molecule has 220 valence electrons. The van der Waals surface area contributed by atoms with Gasteiger partial charge >= 0.3 is 6.09 Å². The van der Waals surface area contributed by atoms with Crippen molar-refractivity contribution in [2.75, 3.05) is 51.3 Å². The van der Waals surface area contributed by atoms with E-state index in [1.54, 1.807) is 0 Å². The van der Waals surface area contributed by atoms with E-state index in [2.05, 4.69) is 35.9 Å². The SMILES string of the molecule is CC(C)C1CCCN1CCCCOCCCCN1CCC(C)(OC(=O)Nc2ccccc2-c2ccccc2)CC1. The number of benzene rings is 2. The standard InChI is InChI=1S/C34H51N3O3/c1-28(2)32-18-13-23-37(32)22-10-12-27-39-26-11-9-21-36-24-19-34(3,20-25-36)40-33(38)35-31-17-8-7-16-30(31)29-14-5-4-6-15-29/h4-8,14-17,28,32H,9-13,18-27H2,1-3H3,(H,35,38). The lowest BCUT2D eigenvalue weighted by atomic mass is 9.93. The Morgan fingerprint density at radius 1 is 0.925 bits per heavy atom. The first-order chi connectivity index (χ1) is 19.4. The molecule has 0 aliphatic carbocycles. The number of para-hydroxylation sites is 1. The molecule has 2 saturated heterocycles. The highest BCUT2D eigenvalue weighted by Gasteiger charge is 2.33. The zero-order valence-electron chi connectivity index (χ0n) is 25.1. The summed E-state index contributed by atoms with van der Waals surface area (Å²) in [4.78, 5) is 18.0. The Morgan fingerprint density at radius 3 is 2.33 bits per heavy atom. The molecule has 0 saturated carbocycles. The number of carbonyl (C=O) groups is 1. The van der Waals surface area contributed by atoms with Crippen LogP contribution in [-0.2, 0) is 9.47 Å². The number of ether oxygens (including phenoxy) is 2. The van der Waals surface area contributed by atoms with Crippen LogP contribution in [0.25, 0.3) is 11.1 Å². The van der Waals surface area contributed by atoms with E-state index in [-0.39, 0.29) is 6.09 Å². The van der Waals surface area contributed by atoms with E-state index >= 15 is 0 Å². The minimum absolute atomic E-state index is 0.378. The Bertz CT molecular complexity index is 1020. The van der Waals surface area contributed by atoms with Gasteiger partial charge in [0.25, 0.3) is 0 Å². The van der Waals surface area contributed by atoms with Crippen molar-refractivity contribution in [1.82, 2.24) is 9.80 Å². The van der Waals surface area contributed by atoms with Gasteiger partial charge in [0.2, 0.25) is 0 Å². The summed E-state index contributed by atoms with van der Waals surface area (Å²) in [6.45, 7) is 14.0. The third-order valence-corrected chi connectivity index (χ3v) is 8.68. The van der Waals surface area contributed by atoms with Crippen LogP contribution in [0, 0.1) is 5.92 Å². The van der Waals surface area contributed by atoms with Gasteiger partial charge in [-0.15, -0.1) is 0 Å². The summed E-state index contributed by atoms with van der Waals surface area (Å²) in [6.07, 6.45) is 8.73. The van der Waals surface area contributed by atoms with E-state index in [1.807, 2.05) is 54.6 Å². The molecule has 1 N–H and O–H groups in total. The highest BCUT2D eigenvalue weighted by Crippen LogP contribution is 2.30. The molecule has 2 aliphatic rings. The zero-order valence-corrected chi connectivity index (χ0v) is 25.1. The molecule has 2 aromatic carbocycles. The molecule has 1 unspecified atom stereocenters. The molecular weight excluding hydrogens is 498 g/mol. The second-order valence-corrected chi connectivity index (χ2v) is 12.2. The van der Waals surface area contributed by atoms with Crippen LogP contribution in [-0.4, -0.2) is 73.5 Å². The van der Waals surface area contributed by atoms with Crippen molar-refractivity contribution < 1.29 is 14.3 Å². The lowest BCUT2D eigenvalue weighted by molar-refractivity contribution is -0.0166. The average Bonchev–Trinajstić information content (AvgIpc) is 3.43. The maximum atomic E-state index is 12.8. The third kappa shape index (κ3) is 9.32. The van der Waals surface area contributed by atoms with Crippen LogP contribution < -0.4 is 5.32 Å². The number of nitrogens with zero attached hydrogens (tertiary/aromatic N) is 2. The van der Waals surface area contributed by atoms with Crippen molar-refractivity contribution in [2.24, 2.45) is 5.92 Å². The molecule has 2 fully saturated rings. The molecule has 1 amide bonds. The number of rotatable bonds is 14. The van der Waals surface area contributed by atoms with Crippen LogP contribution in [0.4, 0.5) is 10.5 Å². The topological polar surface area (TPSA) is 54.0 Å². The molecule has 0 aromatic heterocycles. The summed E-state index contributed by atoms with van der Waals surface area (Å²) in [5, 5.41) is 2.99. The van der Waals surface area contributed by atoms with Gasteiger partial charge in [-0.3, -0.25) is 5.32 Å². The van der Waals surface area contributed by atoms with E-state index in [1.165, 1.54) is 32.4 Å². The first kappa shape index (κ1) is 30.5. The van der Waals surface area contributed by atoms with Crippen LogP contribution in [0.15, 0.2) is 54.6 Å². The number of anilines is 1. The van der Waals surface area contributed by atoms with Gasteiger partial charge in [0.1, 0.15) is 5.60 Å². The van der Waals surface area contributed by atoms with Gasteiger partial charge in [-0.2, -0.15) is 0 Å². The molecule has 4 rings (SSSR count). The van der Waals surface area contributed by atoms with Crippen molar-refractivity contribution in [3.63, 3.8) is 0 Å². The largest absolute Gasteiger partial charge is 0.443 e. The van der Waals surface area contributed by atoms with Crippen LogP contribution in [0.3, 0.4) is 0 Å². The summed E-state index contributed by atoms with van der Waals surface area (Å²) < 4.78 is 11.9. The molecule has 40 heavy (non-hydrogen) atoms. The van der Waals surface area contributed by atoms with E-state index in [0.29, 0.717) is 0 Å². The molecule has 2 aliphatic heterocycles. The second-order valence-electron chi connectivity index (χ2n) is 12.2. The third-order valence-electron chi connectivity index (χ3n) is 8.68. The lowest BCUT2D eigenvalue weighted by Crippen LogP contribution is -2.46. The fourth-order valence-corrected chi connectivity index (χ4v) is 6.22. The summed E-state index contributed by atoms with van der Waals surface area (Å²) >= 11 is 0.